The number of rotatable bonds is 8. The van der Waals surface area contributed by atoms with Crippen molar-refractivity contribution in [2.45, 2.75) is 45.3 Å². The lowest BCUT2D eigenvalue weighted by Gasteiger charge is -2.62. The third-order valence-corrected chi connectivity index (χ3v) is 11.1. The van der Waals surface area contributed by atoms with Gasteiger partial charge in [0.1, 0.15) is 11.6 Å². The maximum absolute atomic E-state index is 13.6. The van der Waals surface area contributed by atoms with Crippen molar-refractivity contribution in [3.63, 3.8) is 0 Å². The van der Waals surface area contributed by atoms with Gasteiger partial charge in [-0.2, -0.15) is 0 Å². The molecule has 1 saturated heterocycles. The van der Waals surface area contributed by atoms with Gasteiger partial charge in [0.05, 0.1) is 37.2 Å². The number of fused-ring (bicyclic) bond motifs is 1. The van der Waals surface area contributed by atoms with Gasteiger partial charge in [-0.05, 0) is 72.6 Å². The smallest absolute Gasteiger partial charge is 0.345 e. The first-order valence-corrected chi connectivity index (χ1v) is 16.7. The van der Waals surface area contributed by atoms with E-state index in [1.165, 1.54) is 0 Å². The molecule has 0 radical (unpaired) electrons. The molecule has 2 aliphatic heterocycles. The highest BCUT2D eigenvalue weighted by molar-refractivity contribution is 5.99. The van der Waals surface area contributed by atoms with Crippen molar-refractivity contribution in [1.82, 2.24) is 9.88 Å². The number of aromatic nitrogens is 1. The predicted octanol–water partition coefficient (Wildman–Crippen LogP) is 5.02. The highest BCUT2D eigenvalue weighted by atomic mass is 16.5. The number of ether oxygens (including phenoxy) is 2. The van der Waals surface area contributed by atoms with Crippen LogP contribution in [0.4, 0.5) is 11.5 Å². The van der Waals surface area contributed by atoms with Gasteiger partial charge >= 0.3 is 5.97 Å². The summed E-state index contributed by atoms with van der Waals surface area (Å²) in [5, 5.41) is 25.5. The van der Waals surface area contributed by atoms with E-state index < -0.39 is 17.5 Å². The summed E-state index contributed by atoms with van der Waals surface area (Å²) in [6.45, 7) is 11.8. The maximum atomic E-state index is 13.6. The molecule has 2 saturated carbocycles. The van der Waals surface area contributed by atoms with Gasteiger partial charge in [0.25, 0.3) is 0 Å². The van der Waals surface area contributed by atoms with E-state index in [4.69, 9.17) is 16.1 Å². The summed E-state index contributed by atoms with van der Waals surface area (Å²) in [6, 6.07) is 13.7. The third kappa shape index (κ3) is 6.42. The number of aliphatic hydroxyl groups excluding tert-OH is 2. The lowest BCUT2D eigenvalue weighted by atomic mass is 9.45. The lowest BCUT2D eigenvalue weighted by molar-refractivity contribution is -0.156. The lowest BCUT2D eigenvalue weighted by Crippen LogP contribution is -2.61. The van der Waals surface area contributed by atoms with Gasteiger partial charge in [-0.15, -0.1) is 0 Å². The summed E-state index contributed by atoms with van der Waals surface area (Å²) in [6.07, 6.45) is 9.03. The Labute approximate surface area is 278 Å². The minimum atomic E-state index is -0.678. The monoisotopic (exact) mass is 640 g/mol. The molecule has 6 atom stereocenters. The fraction of sp³-hybridized carbons (Fsp3) is 0.474. The standard InChI is InChI=1S/C38H48N4O5/c1-25-30(37(2)14-13-34(44)38(3,24-43)33(37)23-32(25)42-16-18-46-19-17-42)22-31(40-35-8-6-7-15-39-35)29-21-28(47-36(29)45)20-26-9-11-27(12-10-26)41(4)5/h6-12,15,20-22,30,32-34,43-44H,1,13-14,16-19,23-24H2,2-5H3,(H,39,40)/b28-20+,31-22-/t30?,32?,33?,34-,37-,38+/m1/s1. The van der Waals surface area contributed by atoms with E-state index in [0.717, 1.165) is 42.8 Å². The normalized spacial score (nSPS) is 32.5. The zero-order valence-electron chi connectivity index (χ0n) is 28.0. The minimum absolute atomic E-state index is 0.00421. The molecule has 9 nitrogen and oxygen atoms in total. The van der Waals surface area contributed by atoms with Gasteiger partial charge in [0.2, 0.25) is 0 Å². The molecule has 4 aliphatic rings. The summed E-state index contributed by atoms with van der Waals surface area (Å²) >= 11 is 0. The van der Waals surface area contributed by atoms with Crippen LogP contribution < -0.4 is 10.2 Å². The number of nitrogens with zero attached hydrogens (tertiary/aromatic N) is 3. The second-order valence-corrected chi connectivity index (χ2v) is 14.1. The van der Waals surface area contributed by atoms with E-state index in [2.05, 4.69) is 28.2 Å². The van der Waals surface area contributed by atoms with Crippen LogP contribution in [0.1, 0.15) is 38.7 Å². The summed E-state index contributed by atoms with van der Waals surface area (Å²) in [4.78, 5) is 22.6. The molecule has 47 heavy (non-hydrogen) atoms. The molecular weight excluding hydrogens is 592 g/mol. The van der Waals surface area contributed by atoms with E-state index in [1.807, 2.05) is 74.5 Å². The van der Waals surface area contributed by atoms with Crippen molar-refractivity contribution >= 4 is 23.6 Å². The minimum Gasteiger partial charge on any atom is -0.423 e. The fourth-order valence-electron chi connectivity index (χ4n) is 8.26. The highest BCUT2D eigenvalue weighted by Crippen LogP contribution is 2.62. The third-order valence-electron chi connectivity index (χ3n) is 11.1. The molecule has 3 N–H and O–H groups in total. The van der Waals surface area contributed by atoms with Crippen LogP contribution >= 0.6 is 0 Å². The molecule has 2 aliphatic carbocycles. The molecule has 1 aromatic heterocycles. The number of nitrogens with one attached hydrogen (secondary N) is 1. The molecule has 0 bridgehead atoms. The van der Waals surface area contributed by atoms with E-state index in [1.54, 1.807) is 12.3 Å². The van der Waals surface area contributed by atoms with E-state index in [-0.39, 0.29) is 29.9 Å². The Balaban J connectivity index is 1.44. The van der Waals surface area contributed by atoms with Crippen LogP contribution in [0.15, 0.2) is 90.0 Å². The average molecular weight is 641 g/mol. The van der Waals surface area contributed by atoms with E-state index in [9.17, 15) is 15.0 Å². The fourth-order valence-corrected chi connectivity index (χ4v) is 8.26. The molecule has 6 rings (SSSR count). The van der Waals surface area contributed by atoms with Crippen LogP contribution in [0.3, 0.4) is 0 Å². The van der Waals surface area contributed by atoms with Crippen LogP contribution in [0.2, 0.25) is 0 Å². The Morgan fingerprint density at radius 1 is 1.17 bits per heavy atom. The van der Waals surface area contributed by atoms with Gasteiger partial charge in [-0.3, -0.25) is 4.90 Å². The van der Waals surface area contributed by atoms with Crippen molar-refractivity contribution in [3.05, 3.63) is 95.6 Å². The molecule has 3 fully saturated rings. The van der Waals surface area contributed by atoms with Crippen molar-refractivity contribution in [2.75, 3.05) is 57.2 Å². The molecule has 3 heterocycles. The quantitative estimate of drug-likeness (QED) is 0.271. The number of aliphatic hydroxyl groups is 2. The zero-order chi connectivity index (χ0) is 33.3. The first kappa shape index (κ1) is 33.2. The van der Waals surface area contributed by atoms with Gasteiger partial charge in [0.15, 0.2) is 0 Å². The van der Waals surface area contributed by atoms with Gasteiger partial charge in [-0.1, -0.05) is 50.3 Å². The van der Waals surface area contributed by atoms with E-state index >= 15 is 0 Å². The van der Waals surface area contributed by atoms with Gasteiger partial charge in [-0.25, -0.2) is 9.78 Å². The number of hydrogen-bond donors (Lipinski definition) is 3. The van der Waals surface area contributed by atoms with Crippen LogP contribution in [0.25, 0.3) is 6.08 Å². The van der Waals surface area contributed by atoms with Crippen LogP contribution in [0, 0.1) is 22.7 Å². The summed E-state index contributed by atoms with van der Waals surface area (Å²) < 4.78 is 11.5. The summed E-state index contributed by atoms with van der Waals surface area (Å²) in [5.41, 5.74) is 3.09. The Bertz CT molecular complexity index is 1560. The first-order chi connectivity index (χ1) is 22.5. The first-order valence-electron chi connectivity index (χ1n) is 16.7. The van der Waals surface area contributed by atoms with Crippen molar-refractivity contribution in [3.8, 4) is 0 Å². The number of carbonyl (C=O) groups excluding carboxylic acids is 1. The van der Waals surface area contributed by atoms with E-state index in [0.29, 0.717) is 42.5 Å². The summed E-state index contributed by atoms with van der Waals surface area (Å²) in [5.74, 6) is 0.463. The highest BCUT2D eigenvalue weighted by Gasteiger charge is 2.59. The molecule has 9 heteroatoms. The molecule has 0 amide bonds. The number of pyridine rings is 1. The predicted molar refractivity (Wildman–Crippen MR) is 184 cm³/mol. The molecule has 250 valence electrons. The Kier molecular flexibility index (Phi) is 9.45. The van der Waals surface area contributed by atoms with Gasteiger partial charge in [0, 0.05) is 56.4 Å². The molecule has 3 unspecified atom stereocenters. The largest absolute Gasteiger partial charge is 0.423 e. The molecule has 1 aromatic carbocycles. The number of hydrogen-bond acceptors (Lipinski definition) is 9. The zero-order valence-corrected chi connectivity index (χ0v) is 28.0. The number of anilines is 2. The Morgan fingerprint density at radius 3 is 2.57 bits per heavy atom. The topological polar surface area (TPSA) is 107 Å². The number of carbonyl (C=O) groups is 1. The SMILES string of the molecule is C=C1C(N2CCOCC2)CC2[C@](C)(CC[C@@H](O)[C@@]2(C)CO)C1/C=C(\Nc1ccccn1)C1=C/C(=C\c2ccc(N(C)C)cc2)OC1=O. The number of esters is 1. The van der Waals surface area contributed by atoms with Crippen LogP contribution in [-0.2, 0) is 14.3 Å². The van der Waals surface area contributed by atoms with Crippen molar-refractivity contribution < 1.29 is 24.5 Å². The Hall–Kier alpha value is -3.76. The van der Waals surface area contributed by atoms with Crippen LogP contribution in [0.5, 0.6) is 0 Å². The number of benzene rings is 1. The molecular formula is C38H48N4O5. The van der Waals surface area contributed by atoms with Gasteiger partial charge < -0.3 is 29.9 Å². The molecule has 2 aromatic rings. The second kappa shape index (κ2) is 13.4. The molecule has 0 spiro atoms. The Morgan fingerprint density at radius 2 is 1.91 bits per heavy atom. The average Bonchev–Trinajstić information content (AvgIpc) is 3.44. The van der Waals surface area contributed by atoms with Crippen molar-refractivity contribution in [1.29, 1.82) is 0 Å². The maximum Gasteiger partial charge on any atom is 0.345 e. The van der Waals surface area contributed by atoms with Crippen LogP contribution in [-0.4, -0.2) is 85.2 Å². The van der Waals surface area contributed by atoms with Crippen molar-refractivity contribution in [2.24, 2.45) is 22.7 Å². The number of allylic oxidation sites excluding steroid dienone is 2. The summed E-state index contributed by atoms with van der Waals surface area (Å²) in [7, 11) is 3.99. The number of morpholine rings is 1. The second-order valence-electron chi connectivity index (χ2n) is 14.1. The number of cyclic esters (lactones) is 1.